The lowest BCUT2D eigenvalue weighted by atomic mass is 9.67. The second kappa shape index (κ2) is 29.0. The Balaban J connectivity index is 0.0000000984. The van der Waals surface area contributed by atoms with Gasteiger partial charge in [-0.1, -0.05) is 417 Å². The molecule has 23 rings (SSSR count). The maximum atomic E-state index is 2.40. The molecule has 0 amide bonds. The summed E-state index contributed by atoms with van der Waals surface area (Å²) in [6, 6.07) is 136. The van der Waals surface area contributed by atoms with Crippen molar-refractivity contribution >= 4 is 43.1 Å². The highest BCUT2D eigenvalue weighted by Gasteiger charge is 2.47. The molecule has 0 aliphatic heterocycles. The molecule has 0 saturated heterocycles. The lowest BCUT2D eigenvalue weighted by Crippen LogP contribution is -2.28. The molecular weight excluding hydrogens is 1420 g/mol. The molecule has 0 radical (unpaired) electrons. The standard InChI is InChI=1S/2C26H22.C26H20.2C20H18/c1-17-8-10-18(11-9-17)20-12-14-22-24(16-20)26(2,3)23-15-13-19-6-4-5-7-21(19)25(22)23;1-17-8-10-18(11-9-17)21-12-13-22-23-14-19-6-4-5-7-20(19)15-25(23)26(2,3)24(22)16-21;1-19-16-17-23-22-14-8-9-15-24(22)26(25(23)18-19,20-10-4-2-5-11-20)21-12-6-3-7-13-21;1-13-8-10-16-18(12-13)20(2,3)17-11-9-14-6-4-5-7-15(14)19(16)17;1-13-8-9-16-17-11-14-6-4-5-7-15(14)12-19(17)20(2,3)18(16)10-13/h2*4-16H,1-3H3;2-18H,1H3;2*4-12H,1-3H3. The van der Waals surface area contributed by atoms with Crippen LogP contribution in [0.1, 0.15) is 150 Å². The van der Waals surface area contributed by atoms with E-state index in [2.05, 4.69) is 460 Å². The molecule has 0 bridgehead atoms. The van der Waals surface area contributed by atoms with E-state index in [0.717, 1.165) is 0 Å². The highest BCUT2D eigenvalue weighted by atomic mass is 14.5. The Morgan fingerprint density at radius 2 is 0.449 bits per heavy atom. The Morgan fingerprint density at radius 3 is 0.898 bits per heavy atom. The fraction of sp³-hybridized carbons (Fsp3) is 0.153. The van der Waals surface area contributed by atoms with Crippen LogP contribution in [0.25, 0.3) is 121 Å². The summed E-state index contributed by atoms with van der Waals surface area (Å²) in [5, 5.41) is 10.7. The fourth-order valence-electron chi connectivity index (χ4n) is 20.5. The van der Waals surface area contributed by atoms with Gasteiger partial charge in [0, 0.05) is 21.7 Å². The van der Waals surface area contributed by atoms with E-state index in [4.69, 9.17) is 0 Å². The van der Waals surface area contributed by atoms with Gasteiger partial charge >= 0.3 is 0 Å². The zero-order chi connectivity index (χ0) is 81.2. The van der Waals surface area contributed by atoms with Crippen molar-refractivity contribution in [2.45, 2.75) is 117 Å². The van der Waals surface area contributed by atoms with Crippen molar-refractivity contribution in [3.05, 3.63) is 465 Å². The molecule has 572 valence electrons. The summed E-state index contributed by atoms with van der Waals surface area (Å²) in [5.41, 5.74) is 42.6. The third-order valence-corrected chi connectivity index (χ3v) is 26.9. The summed E-state index contributed by atoms with van der Waals surface area (Å²) < 4.78 is 0. The molecule has 0 heterocycles. The average Bonchev–Trinajstić information content (AvgIpc) is 1.55. The first kappa shape index (κ1) is 75.1. The van der Waals surface area contributed by atoms with E-state index < -0.39 is 0 Å². The highest BCUT2D eigenvalue weighted by molar-refractivity contribution is 6.05. The van der Waals surface area contributed by atoms with Gasteiger partial charge in [0.15, 0.2) is 0 Å². The molecule has 0 atom stereocenters. The van der Waals surface area contributed by atoms with E-state index in [9.17, 15) is 0 Å². The Kier molecular flexibility index (Phi) is 18.5. The fourth-order valence-corrected chi connectivity index (χ4v) is 20.5. The molecule has 0 spiro atoms. The molecule has 0 aromatic heterocycles. The summed E-state index contributed by atoms with van der Waals surface area (Å²) in [6.45, 7) is 29.6. The van der Waals surface area contributed by atoms with Crippen LogP contribution < -0.4 is 0 Å². The topological polar surface area (TPSA) is 0 Å². The Bertz CT molecular complexity index is 6930. The summed E-state index contributed by atoms with van der Waals surface area (Å²) in [5.74, 6) is 0. The molecule has 0 nitrogen and oxygen atoms in total. The number of benzene rings is 18. The van der Waals surface area contributed by atoms with Gasteiger partial charge in [0.1, 0.15) is 0 Å². The normalized spacial score (nSPS) is 14.5. The quantitative estimate of drug-likeness (QED) is 0.165. The first-order valence-corrected chi connectivity index (χ1v) is 42.2. The smallest absolute Gasteiger partial charge is 0.0622 e. The minimum atomic E-state index is -0.263. The number of rotatable bonds is 4. The molecule has 0 saturated carbocycles. The lowest BCUT2D eigenvalue weighted by Gasteiger charge is -2.34. The molecule has 5 aliphatic rings. The number of hydrogen-bond donors (Lipinski definition) is 0. The van der Waals surface area contributed by atoms with Crippen LogP contribution in [0.3, 0.4) is 0 Å². The van der Waals surface area contributed by atoms with Gasteiger partial charge in [0.05, 0.1) is 5.41 Å². The molecule has 0 unspecified atom stereocenters. The summed E-state index contributed by atoms with van der Waals surface area (Å²) >= 11 is 0. The van der Waals surface area contributed by atoms with Gasteiger partial charge in [0.25, 0.3) is 0 Å². The van der Waals surface area contributed by atoms with Crippen LogP contribution in [0.2, 0.25) is 0 Å². The molecular formula is C118H100. The number of fused-ring (bicyclic) bond motifs is 21. The van der Waals surface area contributed by atoms with E-state index in [1.807, 2.05) is 0 Å². The van der Waals surface area contributed by atoms with Crippen molar-refractivity contribution in [3.8, 4) is 77.9 Å². The highest BCUT2D eigenvalue weighted by Crippen LogP contribution is 2.59. The van der Waals surface area contributed by atoms with E-state index in [1.165, 1.54) is 216 Å². The third kappa shape index (κ3) is 12.5. The van der Waals surface area contributed by atoms with Gasteiger partial charge in [-0.15, -0.1) is 0 Å². The predicted molar refractivity (Wildman–Crippen MR) is 504 cm³/mol. The van der Waals surface area contributed by atoms with Gasteiger partial charge < -0.3 is 0 Å². The largest absolute Gasteiger partial charge is 0.0713 e. The van der Waals surface area contributed by atoms with Crippen molar-refractivity contribution in [1.82, 2.24) is 0 Å². The van der Waals surface area contributed by atoms with Crippen LogP contribution in [0, 0.1) is 34.6 Å². The second-order valence-corrected chi connectivity index (χ2v) is 35.8. The van der Waals surface area contributed by atoms with E-state index in [-0.39, 0.29) is 27.1 Å². The maximum Gasteiger partial charge on any atom is 0.0713 e. The summed E-state index contributed by atoms with van der Waals surface area (Å²) in [4.78, 5) is 0. The van der Waals surface area contributed by atoms with Crippen molar-refractivity contribution < 1.29 is 0 Å². The summed E-state index contributed by atoms with van der Waals surface area (Å²) in [7, 11) is 0. The van der Waals surface area contributed by atoms with Crippen LogP contribution in [0.5, 0.6) is 0 Å². The molecule has 18 aromatic carbocycles. The average molecular weight is 1520 g/mol. The summed E-state index contributed by atoms with van der Waals surface area (Å²) in [6.07, 6.45) is 0. The van der Waals surface area contributed by atoms with Crippen molar-refractivity contribution in [3.63, 3.8) is 0 Å². The Labute approximate surface area is 697 Å². The molecule has 18 aromatic rings. The monoisotopic (exact) mass is 1520 g/mol. The number of aryl methyl sites for hydroxylation is 5. The van der Waals surface area contributed by atoms with Gasteiger partial charge in [-0.2, -0.15) is 0 Å². The van der Waals surface area contributed by atoms with E-state index >= 15 is 0 Å². The van der Waals surface area contributed by atoms with Crippen LogP contribution in [-0.2, 0) is 27.1 Å². The van der Waals surface area contributed by atoms with Gasteiger partial charge in [-0.3, -0.25) is 0 Å². The first-order valence-electron chi connectivity index (χ1n) is 42.2. The van der Waals surface area contributed by atoms with E-state index in [0.29, 0.717) is 0 Å². The predicted octanol–water partition coefficient (Wildman–Crippen LogP) is 31.5. The first-order chi connectivity index (χ1) is 57.1. The van der Waals surface area contributed by atoms with Gasteiger partial charge in [-0.25, -0.2) is 0 Å². The van der Waals surface area contributed by atoms with Crippen LogP contribution in [0.15, 0.2) is 370 Å². The third-order valence-electron chi connectivity index (χ3n) is 26.9. The molecule has 118 heavy (non-hydrogen) atoms. The van der Waals surface area contributed by atoms with Crippen LogP contribution in [-0.4, -0.2) is 0 Å². The van der Waals surface area contributed by atoms with Crippen molar-refractivity contribution in [2.75, 3.05) is 0 Å². The SMILES string of the molecule is Cc1ccc(-c2ccc3c(c2)C(C)(C)c2cc4ccccc4cc2-3)cc1.Cc1ccc(-c2ccc3c(c2)C(C)(C)c2ccc4ccccc4c2-3)cc1.Cc1ccc2c(c1)C(C)(C)c1cc3ccccc3cc1-2.Cc1ccc2c(c1)C(C)(C)c1ccc3ccccc3c1-2.Cc1ccc2c(c1)C(c1ccccc1)(c1ccccc1)c1ccccc1-2. The van der Waals surface area contributed by atoms with E-state index in [1.54, 1.807) is 0 Å². The lowest BCUT2D eigenvalue weighted by molar-refractivity contribution is 0.660. The maximum absolute atomic E-state index is 2.40. The van der Waals surface area contributed by atoms with Gasteiger partial charge in [-0.05, 0) is 259 Å². The van der Waals surface area contributed by atoms with Crippen molar-refractivity contribution in [1.29, 1.82) is 0 Å². The van der Waals surface area contributed by atoms with Crippen molar-refractivity contribution in [2.24, 2.45) is 0 Å². The molecule has 0 N–H and O–H groups in total. The molecule has 0 fully saturated rings. The Morgan fingerprint density at radius 1 is 0.161 bits per heavy atom. The van der Waals surface area contributed by atoms with Crippen LogP contribution >= 0.6 is 0 Å². The van der Waals surface area contributed by atoms with Crippen LogP contribution in [0.4, 0.5) is 0 Å². The zero-order valence-corrected chi connectivity index (χ0v) is 70.2. The Hall–Kier alpha value is -13.0. The second-order valence-electron chi connectivity index (χ2n) is 35.8. The minimum absolute atomic E-state index is 0.0232. The number of hydrogen-bond acceptors (Lipinski definition) is 0. The molecule has 0 heteroatoms. The zero-order valence-electron chi connectivity index (χ0n) is 70.2. The minimum Gasteiger partial charge on any atom is -0.0622 e. The van der Waals surface area contributed by atoms with Gasteiger partial charge in [0.2, 0.25) is 0 Å². The molecule has 5 aliphatic carbocycles.